The van der Waals surface area contributed by atoms with Gasteiger partial charge in [0.05, 0.1) is 12.2 Å². The molecule has 1 aromatic carbocycles. The highest BCUT2D eigenvalue weighted by molar-refractivity contribution is 5.93. The summed E-state index contributed by atoms with van der Waals surface area (Å²) < 4.78 is 5.08. The van der Waals surface area contributed by atoms with Gasteiger partial charge in [0, 0.05) is 18.2 Å². The first-order valence-electron chi connectivity index (χ1n) is 8.41. The average molecular weight is 318 g/mol. The summed E-state index contributed by atoms with van der Waals surface area (Å²) in [6, 6.07) is 7.09. The van der Waals surface area contributed by atoms with E-state index in [1.54, 1.807) is 24.3 Å². The minimum Gasteiger partial charge on any atom is -0.462 e. The van der Waals surface area contributed by atoms with E-state index in [-0.39, 0.29) is 17.9 Å². The Balaban J connectivity index is 1.82. The minimum absolute atomic E-state index is 0.00529. The first-order chi connectivity index (χ1) is 11.1. The van der Waals surface area contributed by atoms with Crippen molar-refractivity contribution in [3.05, 3.63) is 29.8 Å². The second kappa shape index (κ2) is 8.67. The molecular weight excluding hydrogens is 292 g/mol. The van der Waals surface area contributed by atoms with E-state index >= 15 is 0 Å². The van der Waals surface area contributed by atoms with Crippen molar-refractivity contribution < 1.29 is 14.3 Å². The highest BCUT2D eigenvalue weighted by Gasteiger charge is 2.20. The van der Waals surface area contributed by atoms with Gasteiger partial charge in [0.15, 0.2) is 0 Å². The van der Waals surface area contributed by atoms with Crippen LogP contribution in [0.25, 0.3) is 0 Å². The van der Waals surface area contributed by atoms with Gasteiger partial charge in [-0.1, -0.05) is 6.92 Å². The van der Waals surface area contributed by atoms with Crippen molar-refractivity contribution in [2.24, 2.45) is 0 Å². The van der Waals surface area contributed by atoms with Crippen LogP contribution in [-0.4, -0.2) is 42.5 Å². The van der Waals surface area contributed by atoms with Crippen LogP contribution in [0.2, 0.25) is 0 Å². The molecule has 1 atom stereocenters. The van der Waals surface area contributed by atoms with E-state index in [0.29, 0.717) is 24.3 Å². The molecule has 126 valence electrons. The van der Waals surface area contributed by atoms with Crippen LogP contribution in [0.1, 0.15) is 49.9 Å². The zero-order valence-electron chi connectivity index (χ0n) is 14.0. The maximum Gasteiger partial charge on any atom is 0.338 e. The largest absolute Gasteiger partial charge is 0.462 e. The molecule has 23 heavy (non-hydrogen) atoms. The molecule has 2 rings (SSSR count). The summed E-state index contributed by atoms with van der Waals surface area (Å²) in [5, 5.41) is 2.89. The zero-order chi connectivity index (χ0) is 16.7. The molecule has 5 heteroatoms. The lowest BCUT2D eigenvalue weighted by Gasteiger charge is -2.23. The summed E-state index contributed by atoms with van der Waals surface area (Å²) in [5.74, 6) is -0.321. The van der Waals surface area contributed by atoms with Crippen LogP contribution in [0, 0.1) is 0 Å². The van der Waals surface area contributed by atoms with Gasteiger partial charge in [-0.05, 0) is 63.5 Å². The first kappa shape index (κ1) is 17.5. The van der Waals surface area contributed by atoms with E-state index in [4.69, 9.17) is 4.74 Å². The number of carbonyl (C=O) groups excluding carboxylic acids is 2. The van der Waals surface area contributed by atoms with Gasteiger partial charge in [0.25, 0.3) is 0 Å². The fraction of sp³-hybridized carbons (Fsp3) is 0.556. The molecule has 1 aliphatic rings. The molecule has 0 aromatic heterocycles. The fourth-order valence-electron chi connectivity index (χ4n) is 2.76. The van der Waals surface area contributed by atoms with Crippen LogP contribution in [0.5, 0.6) is 0 Å². The number of esters is 1. The van der Waals surface area contributed by atoms with E-state index in [1.807, 2.05) is 6.92 Å². The van der Waals surface area contributed by atoms with Crippen molar-refractivity contribution in [3.8, 4) is 0 Å². The second-order valence-corrected chi connectivity index (χ2v) is 6.06. The smallest absolute Gasteiger partial charge is 0.338 e. The zero-order valence-corrected chi connectivity index (χ0v) is 14.0. The molecule has 0 radical (unpaired) electrons. The third-order valence-electron chi connectivity index (χ3n) is 4.09. The second-order valence-electron chi connectivity index (χ2n) is 6.06. The Hall–Kier alpha value is -1.88. The number of hydrogen-bond donors (Lipinski definition) is 1. The Morgan fingerprint density at radius 2 is 1.87 bits per heavy atom. The molecular formula is C18H26N2O3. The standard InChI is InChI=1S/C18H26N2O3/c1-3-12-23-18(22)15-6-8-16(9-7-15)19-17(21)13-14(2)20-10-4-5-11-20/h6-9,14H,3-5,10-13H2,1-2H3,(H,19,21). The molecule has 1 saturated heterocycles. The molecule has 1 amide bonds. The summed E-state index contributed by atoms with van der Waals surface area (Å²) in [6.45, 7) is 6.64. The Morgan fingerprint density at radius 3 is 2.48 bits per heavy atom. The number of nitrogens with one attached hydrogen (secondary N) is 1. The number of amides is 1. The molecule has 5 nitrogen and oxygen atoms in total. The van der Waals surface area contributed by atoms with Crippen molar-refractivity contribution in [3.63, 3.8) is 0 Å². The van der Waals surface area contributed by atoms with Gasteiger partial charge in [-0.25, -0.2) is 4.79 Å². The van der Waals surface area contributed by atoms with Crippen LogP contribution in [0.3, 0.4) is 0 Å². The van der Waals surface area contributed by atoms with Gasteiger partial charge in [0.1, 0.15) is 0 Å². The van der Waals surface area contributed by atoms with Gasteiger partial charge < -0.3 is 15.0 Å². The van der Waals surface area contributed by atoms with E-state index in [1.165, 1.54) is 12.8 Å². The Labute approximate surface area is 138 Å². The fourth-order valence-corrected chi connectivity index (χ4v) is 2.76. The molecule has 0 saturated carbocycles. The quantitative estimate of drug-likeness (QED) is 0.785. The van der Waals surface area contributed by atoms with Crippen molar-refractivity contribution in [2.45, 2.75) is 45.6 Å². The Kier molecular flexibility index (Phi) is 6.59. The van der Waals surface area contributed by atoms with Gasteiger partial charge in [-0.15, -0.1) is 0 Å². The molecule has 1 fully saturated rings. The van der Waals surface area contributed by atoms with Gasteiger partial charge in [-0.2, -0.15) is 0 Å². The topological polar surface area (TPSA) is 58.6 Å². The predicted octanol–water partition coefficient (Wildman–Crippen LogP) is 3.07. The highest BCUT2D eigenvalue weighted by Crippen LogP contribution is 2.15. The van der Waals surface area contributed by atoms with Crippen LogP contribution in [0.4, 0.5) is 5.69 Å². The summed E-state index contributed by atoms with van der Waals surface area (Å²) in [7, 11) is 0. The third-order valence-corrected chi connectivity index (χ3v) is 4.09. The number of nitrogens with zero attached hydrogens (tertiary/aromatic N) is 1. The Morgan fingerprint density at radius 1 is 1.22 bits per heavy atom. The van der Waals surface area contributed by atoms with Crippen molar-refractivity contribution in [1.29, 1.82) is 0 Å². The molecule has 0 aliphatic carbocycles. The van der Waals surface area contributed by atoms with Crippen molar-refractivity contribution in [1.82, 2.24) is 4.90 Å². The van der Waals surface area contributed by atoms with Gasteiger partial charge in [-0.3, -0.25) is 4.79 Å². The van der Waals surface area contributed by atoms with Crippen molar-refractivity contribution in [2.75, 3.05) is 25.0 Å². The number of benzene rings is 1. The average Bonchev–Trinajstić information content (AvgIpc) is 3.07. The molecule has 1 N–H and O–H groups in total. The number of likely N-dealkylation sites (tertiary alicyclic amines) is 1. The van der Waals surface area contributed by atoms with Crippen LogP contribution in [-0.2, 0) is 9.53 Å². The maximum absolute atomic E-state index is 12.1. The lowest BCUT2D eigenvalue weighted by atomic mass is 10.2. The van der Waals surface area contributed by atoms with E-state index in [2.05, 4.69) is 17.1 Å². The maximum atomic E-state index is 12.1. The van der Waals surface area contributed by atoms with Crippen LogP contribution < -0.4 is 5.32 Å². The minimum atomic E-state index is -0.326. The van der Waals surface area contributed by atoms with Gasteiger partial charge in [0.2, 0.25) is 5.91 Å². The summed E-state index contributed by atoms with van der Waals surface area (Å²) in [5.41, 5.74) is 1.21. The molecule has 1 aliphatic heterocycles. The van der Waals surface area contributed by atoms with E-state index in [9.17, 15) is 9.59 Å². The normalized spacial score (nSPS) is 16.1. The summed E-state index contributed by atoms with van der Waals surface area (Å²) >= 11 is 0. The number of hydrogen-bond acceptors (Lipinski definition) is 4. The monoisotopic (exact) mass is 318 g/mol. The highest BCUT2D eigenvalue weighted by atomic mass is 16.5. The lowest BCUT2D eigenvalue weighted by molar-refractivity contribution is -0.117. The summed E-state index contributed by atoms with van der Waals surface area (Å²) in [6.07, 6.45) is 3.73. The first-order valence-corrected chi connectivity index (χ1v) is 8.41. The third kappa shape index (κ3) is 5.36. The molecule has 1 aromatic rings. The van der Waals surface area contributed by atoms with Gasteiger partial charge >= 0.3 is 5.97 Å². The van der Waals surface area contributed by atoms with Crippen LogP contribution >= 0.6 is 0 Å². The molecule has 0 bridgehead atoms. The summed E-state index contributed by atoms with van der Waals surface area (Å²) in [4.78, 5) is 26.2. The van der Waals surface area contributed by atoms with Crippen LogP contribution in [0.15, 0.2) is 24.3 Å². The van der Waals surface area contributed by atoms with Crippen molar-refractivity contribution >= 4 is 17.6 Å². The van der Waals surface area contributed by atoms with E-state index < -0.39 is 0 Å². The molecule has 1 heterocycles. The number of rotatable bonds is 7. The predicted molar refractivity (Wildman–Crippen MR) is 90.5 cm³/mol. The number of ether oxygens (including phenoxy) is 1. The molecule has 0 spiro atoms. The number of anilines is 1. The molecule has 1 unspecified atom stereocenters. The SMILES string of the molecule is CCCOC(=O)c1ccc(NC(=O)CC(C)N2CCCC2)cc1. The Bertz CT molecular complexity index is 522. The lowest BCUT2D eigenvalue weighted by Crippen LogP contribution is -2.33. The van der Waals surface area contributed by atoms with E-state index in [0.717, 1.165) is 19.5 Å². The number of carbonyl (C=O) groups is 2.